The quantitative estimate of drug-likeness (QED) is 0.802. The molecule has 0 aromatic heterocycles. The van der Waals surface area contributed by atoms with Gasteiger partial charge >= 0.3 is 0 Å². The summed E-state index contributed by atoms with van der Waals surface area (Å²) in [5.74, 6) is 0.689. The van der Waals surface area contributed by atoms with Gasteiger partial charge in [0, 0.05) is 18.1 Å². The molecule has 2 N–H and O–H groups in total. The SMILES string of the molecule is CC(C)N(C)C1(CN)CCC(C)(C)CC1C. The Morgan fingerprint density at radius 1 is 1.31 bits per heavy atom. The van der Waals surface area contributed by atoms with E-state index in [4.69, 9.17) is 5.73 Å². The maximum atomic E-state index is 6.11. The fourth-order valence-corrected chi connectivity index (χ4v) is 3.41. The molecule has 1 rings (SSSR count). The topological polar surface area (TPSA) is 29.3 Å². The highest BCUT2D eigenvalue weighted by Gasteiger charge is 2.45. The van der Waals surface area contributed by atoms with Gasteiger partial charge in [0.15, 0.2) is 0 Å². The first kappa shape index (κ1) is 14.0. The van der Waals surface area contributed by atoms with Crippen LogP contribution < -0.4 is 5.73 Å². The zero-order chi connectivity index (χ0) is 12.6. The van der Waals surface area contributed by atoms with Crippen molar-refractivity contribution in [2.45, 2.75) is 65.5 Å². The lowest BCUT2D eigenvalue weighted by Gasteiger charge is -2.54. The summed E-state index contributed by atoms with van der Waals surface area (Å²) in [4.78, 5) is 2.51. The van der Waals surface area contributed by atoms with Gasteiger partial charge in [-0.2, -0.15) is 0 Å². The molecule has 0 radical (unpaired) electrons. The Hall–Kier alpha value is -0.0800. The largest absolute Gasteiger partial charge is 0.329 e. The fourth-order valence-electron chi connectivity index (χ4n) is 3.41. The molecule has 0 bridgehead atoms. The highest BCUT2D eigenvalue weighted by Crippen LogP contribution is 2.46. The van der Waals surface area contributed by atoms with E-state index in [2.05, 4.69) is 46.6 Å². The van der Waals surface area contributed by atoms with E-state index in [1.54, 1.807) is 0 Å². The minimum absolute atomic E-state index is 0.226. The molecule has 0 saturated heterocycles. The number of hydrogen-bond acceptors (Lipinski definition) is 2. The predicted molar refractivity (Wildman–Crippen MR) is 71.5 cm³/mol. The van der Waals surface area contributed by atoms with Crippen LogP contribution in [0.5, 0.6) is 0 Å². The van der Waals surface area contributed by atoms with Crippen molar-refractivity contribution in [1.82, 2.24) is 4.90 Å². The Bertz CT molecular complexity index is 235. The average Bonchev–Trinajstić information content (AvgIpc) is 2.16. The van der Waals surface area contributed by atoms with Crippen molar-refractivity contribution in [1.29, 1.82) is 0 Å². The lowest BCUT2D eigenvalue weighted by molar-refractivity contribution is -0.0230. The Morgan fingerprint density at radius 2 is 1.88 bits per heavy atom. The molecule has 1 fully saturated rings. The van der Waals surface area contributed by atoms with E-state index in [-0.39, 0.29) is 5.54 Å². The second-order valence-corrected chi connectivity index (χ2v) is 6.78. The minimum Gasteiger partial charge on any atom is -0.329 e. The van der Waals surface area contributed by atoms with E-state index in [0.717, 1.165) is 6.54 Å². The summed E-state index contributed by atoms with van der Waals surface area (Å²) in [5.41, 5.74) is 6.84. The van der Waals surface area contributed by atoms with Crippen molar-refractivity contribution in [2.24, 2.45) is 17.1 Å². The van der Waals surface area contributed by atoms with Crippen molar-refractivity contribution < 1.29 is 0 Å². The van der Waals surface area contributed by atoms with E-state index >= 15 is 0 Å². The monoisotopic (exact) mass is 226 g/mol. The fraction of sp³-hybridized carbons (Fsp3) is 1.00. The number of nitrogens with zero attached hydrogens (tertiary/aromatic N) is 1. The molecular formula is C14H30N2. The number of nitrogens with two attached hydrogens (primary N) is 1. The Labute approximate surface area is 102 Å². The van der Waals surface area contributed by atoms with Gasteiger partial charge in [0.05, 0.1) is 0 Å². The molecular weight excluding hydrogens is 196 g/mol. The summed E-state index contributed by atoms with van der Waals surface area (Å²) in [6.07, 6.45) is 3.83. The average molecular weight is 226 g/mol. The van der Waals surface area contributed by atoms with Crippen LogP contribution in [0.1, 0.15) is 53.9 Å². The molecule has 16 heavy (non-hydrogen) atoms. The summed E-state index contributed by atoms with van der Waals surface area (Å²) >= 11 is 0. The first-order valence-corrected chi connectivity index (χ1v) is 6.68. The van der Waals surface area contributed by atoms with Gasteiger partial charge in [-0.3, -0.25) is 4.90 Å². The normalized spacial score (nSPS) is 34.7. The molecule has 0 aromatic carbocycles. The molecule has 0 spiro atoms. The molecule has 2 heteroatoms. The molecule has 2 atom stereocenters. The van der Waals surface area contributed by atoms with Crippen LogP contribution in [0.15, 0.2) is 0 Å². The van der Waals surface area contributed by atoms with Crippen LogP contribution in [0, 0.1) is 11.3 Å². The van der Waals surface area contributed by atoms with E-state index in [9.17, 15) is 0 Å². The lowest BCUT2D eigenvalue weighted by Crippen LogP contribution is -2.61. The lowest BCUT2D eigenvalue weighted by atomic mass is 9.63. The molecule has 1 saturated carbocycles. The Kier molecular flexibility index (Phi) is 4.07. The highest BCUT2D eigenvalue weighted by atomic mass is 15.2. The van der Waals surface area contributed by atoms with Crippen molar-refractivity contribution in [3.05, 3.63) is 0 Å². The predicted octanol–water partition coefficient (Wildman–Crippen LogP) is 2.87. The number of rotatable bonds is 3. The standard InChI is InChI=1S/C14H30N2/c1-11(2)16(6)14(10-15)8-7-13(4,5)9-12(14)3/h11-12H,7-10,15H2,1-6H3. The summed E-state index contributed by atoms with van der Waals surface area (Å²) in [5, 5.41) is 0. The van der Waals surface area contributed by atoms with E-state index in [1.807, 2.05) is 0 Å². The van der Waals surface area contributed by atoms with Gasteiger partial charge in [0.25, 0.3) is 0 Å². The van der Waals surface area contributed by atoms with Gasteiger partial charge in [-0.25, -0.2) is 0 Å². The zero-order valence-electron chi connectivity index (χ0n) is 12.0. The maximum Gasteiger partial charge on any atom is 0.0357 e. The second kappa shape index (κ2) is 4.66. The minimum atomic E-state index is 0.226. The molecule has 1 aliphatic carbocycles. The summed E-state index contributed by atoms with van der Waals surface area (Å²) in [6, 6.07) is 0.576. The van der Waals surface area contributed by atoms with Crippen LogP contribution in [0.2, 0.25) is 0 Å². The molecule has 0 heterocycles. The van der Waals surface area contributed by atoms with Crippen LogP contribution in [0.4, 0.5) is 0 Å². The van der Waals surface area contributed by atoms with Gasteiger partial charge in [0.2, 0.25) is 0 Å². The smallest absolute Gasteiger partial charge is 0.0357 e. The van der Waals surface area contributed by atoms with Crippen LogP contribution >= 0.6 is 0 Å². The maximum absolute atomic E-state index is 6.11. The molecule has 0 aromatic rings. The van der Waals surface area contributed by atoms with Crippen molar-refractivity contribution in [3.63, 3.8) is 0 Å². The summed E-state index contributed by atoms with van der Waals surface area (Å²) in [6.45, 7) is 12.5. The first-order valence-electron chi connectivity index (χ1n) is 6.68. The summed E-state index contributed by atoms with van der Waals surface area (Å²) < 4.78 is 0. The van der Waals surface area contributed by atoms with Crippen LogP contribution in [-0.2, 0) is 0 Å². The molecule has 2 unspecified atom stereocenters. The van der Waals surface area contributed by atoms with Crippen LogP contribution in [0.3, 0.4) is 0 Å². The van der Waals surface area contributed by atoms with Crippen molar-refractivity contribution in [3.8, 4) is 0 Å². The highest BCUT2D eigenvalue weighted by molar-refractivity contribution is 5.01. The molecule has 0 aliphatic heterocycles. The third kappa shape index (κ3) is 2.43. The molecule has 96 valence electrons. The van der Waals surface area contributed by atoms with Crippen LogP contribution in [-0.4, -0.2) is 30.1 Å². The van der Waals surface area contributed by atoms with Gasteiger partial charge in [-0.05, 0) is 51.5 Å². The zero-order valence-corrected chi connectivity index (χ0v) is 12.0. The third-order valence-corrected chi connectivity index (χ3v) is 4.84. The van der Waals surface area contributed by atoms with Gasteiger partial charge in [-0.1, -0.05) is 20.8 Å². The number of likely N-dealkylation sites (N-methyl/N-ethyl adjacent to an activating group) is 1. The molecule has 1 aliphatic rings. The molecule has 0 amide bonds. The second-order valence-electron chi connectivity index (χ2n) is 6.78. The van der Waals surface area contributed by atoms with Crippen LogP contribution in [0.25, 0.3) is 0 Å². The van der Waals surface area contributed by atoms with Gasteiger partial charge in [0.1, 0.15) is 0 Å². The molecule has 2 nitrogen and oxygen atoms in total. The Morgan fingerprint density at radius 3 is 2.25 bits per heavy atom. The summed E-state index contributed by atoms with van der Waals surface area (Å²) in [7, 11) is 2.24. The number of hydrogen-bond donors (Lipinski definition) is 1. The van der Waals surface area contributed by atoms with Crippen molar-refractivity contribution >= 4 is 0 Å². The van der Waals surface area contributed by atoms with Crippen molar-refractivity contribution in [2.75, 3.05) is 13.6 Å². The van der Waals surface area contributed by atoms with E-state index < -0.39 is 0 Å². The Balaban J connectivity index is 2.89. The first-order chi connectivity index (χ1) is 7.25. The van der Waals surface area contributed by atoms with E-state index in [1.165, 1.54) is 19.3 Å². The van der Waals surface area contributed by atoms with E-state index in [0.29, 0.717) is 17.4 Å². The van der Waals surface area contributed by atoms with Gasteiger partial charge < -0.3 is 5.73 Å². The van der Waals surface area contributed by atoms with Gasteiger partial charge in [-0.15, -0.1) is 0 Å². The third-order valence-electron chi connectivity index (χ3n) is 4.84.